The SMILES string of the molecule is CONc1ccccc1-c1ccc(-c2nc(-c3ccc(C)c(C)c3)cs2)cc1C(=O)O. The monoisotopic (exact) mass is 430 g/mol. The Morgan fingerprint density at radius 2 is 1.74 bits per heavy atom. The minimum Gasteiger partial charge on any atom is -0.478 e. The molecule has 0 atom stereocenters. The van der Waals surface area contributed by atoms with Gasteiger partial charge in [0.2, 0.25) is 0 Å². The average Bonchev–Trinajstić information content (AvgIpc) is 3.26. The number of carboxylic acids is 1. The first-order valence-electron chi connectivity index (χ1n) is 9.77. The Hall–Kier alpha value is -3.48. The van der Waals surface area contributed by atoms with Crippen molar-refractivity contribution in [1.29, 1.82) is 0 Å². The number of rotatable bonds is 6. The lowest BCUT2D eigenvalue weighted by molar-refractivity contribution is 0.0698. The zero-order valence-electron chi connectivity index (χ0n) is 17.5. The van der Waals surface area contributed by atoms with Crippen molar-refractivity contribution in [1.82, 2.24) is 4.98 Å². The van der Waals surface area contributed by atoms with Crippen LogP contribution in [0.2, 0.25) is 0 Å². The summed E-state index contributed by atoms with van der Waals surface area (Å²) < 4.78 is 0. The molecule has 0 radical (unpaired) electrons. The van der Waals surface area contributed by atoms with Gasteiger partial charge in [0, 0.05) is 22.1 Å². The van der Waals surface area contributed by atoms with Crippen LogP contribution in [0.3, 0.4) is 0 Å². The highest BCUT2D eigenvalue weighted by molar-refractivity contribution is 7.13. The molecule has 156 valence electrons. The summed E-state index contributed by atoms with van der Waals surface area (Å²) in [5.41, 5.74) is 10.3. The van der Waals surface area contributed by atoms with Gasteiger partial charge in [0.1, 0.15) is 5.01 Å². The minimum absolute atomic E-state index is 0.214. The number of nitrogens with one attached hydrogen (secondary N) is 1. The Morgan fingerprint density at radius 1 is 0.968 bits per heavy atom. The van der Waals surface area contributed by atoms with Crippen LogP contribution in [0, 0.1) is 13.8 Å². The van der Waals surface area contributed by atoms with Crippen LogP contribution in [0.25, 0.3) is 33.0 Å². The van der Waals surface area contributed by atoms with Gasteiger partial charge in [-0.3, -0.25) is 10.3 Å². The molecule has 4 rings (SSSR count). The largest absolute Gasteiger partial charge is 0.478 e. The Labute approximate surface area is 184 Å². The Balaban J connectivity index is 1.75. The van der Waals surface area contributed by atoms with Crippen LogP contribution < -0.4 is 5.48 Å². The van der Waals surface area contributed by atoms with Crippen molar-refractivity contribution in [2.75, 3.05) is 12.6 Å². The molecule has 6 heteroatoms. The summed E-state index contributed by atoms with van der Waals surface area (Å²) >= 11 is 1.50. The van der Waals surface area contributed by atoms with Crippen LogP contribution in [0.4, 0.5) is 5.69 Å². The number of carboxylic acid groups (broad SMARTS) is 1. The molecule has 0 aliphatic heterocycles. The van der Waals surface area contributed by atoms with E-state index in [1.165, 1.54) is 29.6 Å². The van der Waals surface area contributed by atoms with E-state index in [2.05, 4.69) is 37.5 Å². The maximum absolute atomic E-state index is 12.1. The molecule has 4 aromatic rings. The van der Waals surface area contributed by atoms with Crippen LogP contribution in [-0.2, 0) is 4.84 Å². The average molecular weight is 431 g/mol. The smallest absolute Gasteiger partial charge is 0.336 e. The summed E-state index contributed by atoms with van der Waals surface area (Å²) in [6, 6.07) is 19.1. The zero-order chi connectivity index (χ0) is 22.0. The van der Waals surface area contributed by atoms with E-state index < -0.39 is 5.97 Å². The van der Waals surface area contributed by atoms with E-state index in [0.29, 0.717) is 11.3 Å². The minimum atomic E-state index is -0.991. The quantitative estimate of drug-likeness (QED) is 0.345. The molecular formula is C25H22N2O3S. The first kappa shape index (κ1) is 20.8. The topological polar surface area (TPSA) is 71.5 Å². The van der Waals surface area contributed by atoms with E-state index in [-0.39, 0.29) is 5.56 Å². The molecule has 0 spiro atoms. The van der Waals surface area contributed by atoms with Gasteiger partial charge >= 0.3 is 5.97 Å². The second kappa shape index (κ2) is 8.71. The maximum Gasteiger partial charge on any atom is 0.336 e. The lowest BCUT2D eigenvalue weighted by Gasteiger charge is -2.13. The highest BCUT2D eigenvalue weighted by Gasteiger charge is 2.17. The van der Waals surface area contributed by atoms with Crippen molar-refractivity contribution < 1.29 is 14.7 Å². The molecule has 0 aliphatic rings. The van der Waals surface area contributed by atoms with Crippen LogP contribution in [-0.4, -0.2) is 23.2 Å². The number of benzene rings is 3. The molecule has 1 aromatic heterocycles. The second-order valence-corrected chi connectivity index (χ2v) is 8.11. The highest BCUT2D eigenvalue weighted by atomic mass is 32.1. The molecule has 0 saturated carbocycles. The van der Waals surface area contributed by atoms with Crippen molar-refractivity contribution in [2.45, 2.75) is 13.8 Å². The van der Waals surface area contributed by atoms with Gasteiger partial charge in [0.05, 0.1) is 24.1 Å². The maximum atomic E-state index is 12.1. The highest BCUT2D eigenvalue weighted by Crippen LogP contribution is 2.35. The standard InChI is InChI=1S/C25H22N2O3S/c1-15-8-9-17(12-16(15)2)23-14-31-24(26-23)18-10-11-19(21(13-18)25(28)29)20-6-4-5-7-22(20)27-30-3/h4-14,27H,1-3H3,(H,28,29). The van der Waals surface area contributed by atoms with Crippen LogP contribution in [0.15, 0.2) is 66.0 Å². The number of aromatic nitrogens is 1. The molecule has 0 unspecified atom stereocenters. The Morgan fingerprint density at radius 3 is 2.48 bits per heavy atom. The first-order valence-corrected chi connectivity index (χ1v) is 10.6. The van der Waals surface area contributed by atoms with Crippen molar-refractivity contribution >= 4 is 23.0 Å². The third-order valence-electron chi connectivity index (χ3n) is 5.23. The molecule has 0 bridgehead atoms. The van der Waals surface area contributed by atoms with E-state index in [1.54, 1.807) is 6.07 Å². The Kier molecular flexibility index (Phi) is 5.84. The Bertz CT molecular complexity index is 1260. The van der Waals surface area contributed by atoms with Crippen LogP contribution >= 0.6 is 11.3 Å². The van der Waals surface area contributed by atoms with Crippen molar-refractivity contribution in [3.8, 4) is 33.0 Å². The van der Waals surface area contributed by atoms with Crippen molar-refractivity contribution in [2.24, 2.45) is 0 Å². The third kappa shape index (κ3) is 4.21. The van der Waals surface area contributed by atoms with E-state index in [0.717, 1.165) is 27.4 Å². The second-order valence-electron chi connectivity index (χ2n) is 7.25. The van der Waals surface area contributed by atoms with E-state index >= 15 is 0 Å². The molecule has 0 amide bonds. The van der Waals surface area contributed by atoms with Crippen molar-refractivity contribution in [3.63, 3.8) is 0 Å². The zero-order valence-corrected chi connectivity index (χ0v) is 18.3. The van der Waals surface area contributed by atoms with Gasteiger partial charge in [0.15, 0.2) is 0 Å². The van der Waals surface area contributed by atoms with Gasteiger partial charge in [-0.15, -0.1) is 11.3 Å². The molecule has 1 heterocycles. The fourth-order valence-corrected chi connectivity index (χ4v) is 4.27. The van der Waals surface area contributed by atoms with Gasteiger partial charge < -0.3 is 5.11 Å². The third-order valence-corrected chi connectivity index (χ3v) is 6.12. The summed E-state index contributed by atoms with van der Waals surface area (Å²) in [6.45, 7) is 4.17. The number of para-hydroxylation sites is 1. The summed E-state index contributed by atoms with van der Waals surface area (Å²) in [7, 11) is 1.52. The molecule has 3 aromatic carbocycles. The number of anilines is 1. The van der Waals surface area contributed by atoms with Gasteiger partial charge in [-0.1, -0.05) is 42.5 Å². The number of thiazole rings is 1. The number of aryl methyl sites for hydroxylation is 2. The predicted octanol–water partition coefficient (Wildman–Crippen LogP) is 6.43. The lowest BCUT2D eigenvalue weighted by atomic mass is 9.96. The number of hydrogen-bond acceptors (Lipinski definition) is 5. The fraction of sp³-hybridized carbons (Fsp3) is 0.120. The number of hydrogen-bond donors (Lipinski definition) is 2. The van der Waals surface area contributed by atoms with Gasteiger partial charge in [0.25, 0.3) is 0 Å². The van der Waals surface area contributed by atoms with Gasteiger partial charge in [-0.2, -0.15) is 0 Å². The summed E-state index contributed by atoms with van der Waals surface area (Å²) in [6.07, 6.45) is 0. The number of nitrogens with zero attached hydrogens (tertiary/aromatic N) is 1. The molecule has 2 N–H and O–H groups in total. The van der Waals surface area contributed by atoms with Crippen molar-refractivity contribution in [3.05, 3.63) is 82.7 Å². The summed E-state index contributed by atoms with van der Waals surface area (Å²) in [5.74, 6) is -0.991. The molecule has 5 nitrogen and oxygen atoms in total. The molecule has 0 saturated heterocycles. The lowest BCUT2D eigenvalue weighted by Crippen LogP contribution is -2.03. The fourth-order valence-electron chi connectivity index (χ4n) is 3.45. The number of aromatic carboxylic acids is 1. The molecule has 0 fully saturated rings. The first-order chi connectivity index (χ1) is 15.0. The summed E-state index contributed by atoms with van der Waals surface area (Å²) in [4.78, 5) is 21.9. The molecule has 0 aliphatic carbocycles. The summed E-state index contributed by atoms with van der Waals surface area (Å²) in [5, 5.41) is 12.7. The van der Waals surface area contributed by atoms with E-state index in [4.69, 9.17) is 9.82 Å². The van der Waals surface area contributed by atoms with Gasteiger partial charge in [-0.05, 0) is 48.7 Å². The van der Waals surface area contributed by atoms with E-state index in [9.17, 15) is 9.90 Å². The van der Waals surface area contributed by atoms with Crippen LogP contribution in [0.1, 0.15) is 21.5 Å². The molecule has 31 heavy (non-hydrogen) atoms. The normalized spacial score (nSPS) is 10.8. The van der Waals surface area contributed by atoms with Crippen LogP contribution in [0.5, 0.6) is 0 Å². The predicted molar refractivity (Wildman–Crippen MR) is 125 cm³/mol. The van der Waals surface area contributed by atoms with Gasteiger partial charge in [-0.25, -0.2) is 9.78 Å². The number of carbonyl (C=O) groups is 1. The van der Waals surface area contributed by atoms with E-state index in [1.807, 2.05) is 41.8 Å². The molecular weight excluding hydrogens is 408 g/mol.